The second-order valence-electron chi connectivity index (χ2n) is 8.73. The fourth-order valence-corrected chi connectivity index (χ4v) is 5.21. The maximum Gasteiger partial charge on any atom is 0.421 e. The van der Waals surface area contributed by atoms with Gasteiger partial charge in [-0.1, -0.05) is 69.2 Å². The molecule has 3 aromatic carbocycles. The molecule has 0 unspecified atom stereocenters. The monoisotopic (exact) mass is 505 g/mol. The number of amides is 1. The Bertz CT molecular complexity index is 1440. The molecule has 0 aliphatic heterocycles. The highest BCUT2D eigenvalue weighted by Crippen LogP contribution is 2.30. The first kappa shape index (κ1) is 25.4. The third-order valence-corrected chi connectivity index (χ3v) is 7.34. The number of ether oxygens (including phenoxy) is 1. The van der Waals surface area contributed by atoms with Crippen molar-refractivity contribution in [2.24, 2.45) is 0 Å². The molecule has 0 spiro atoms. The highest BCUT2D eigenvalue weighted by Gasteiger charge is 2.23. The van der Waals surface area contributed by atoms with Gasteiger partial charge in [-0.3, -0.25) is 0 Å². The van der Waals surface area contributed by atoms with E-state index in [0.717, 1.165) is 47.0 Å². The highest BCUT2D eigenvalue weighted by atomic mass is 32.2. The van der Waals surface area contributed by atoms with Crippen molar-refractivity contribution < 1.29 is 17.9 Å². The van der Waals surface area contributed by atoms with Gasteiger partial charge in [-0.15, -0.1) is 0 Å². The number of imidazole rings is 1. The summed E-state index contributed by atoms with van der Waals surface area (Å²) < 4.78 is 35.4. The van der Waals surface area contributed by atoms with Gasteiger partial charge in [0.2, 0.25) is 0 Å². The number of nitrogens with zero attached hydrogens (tertiary/aromatic N) is 2. The number of rotatable bonds is 10. The molecule has 0 bridgehead atoms. The van der Waals surface area contributed by atoms with Crippen molar-refractivity contribution in [2.45, 2.75) is 51.0 Å². The van der Waals surface area contributed by atoms with Crippen LogP contribution in [0.15, 0.2) is 78.0 Å². The van der Waals surface area contributed by atoms with E-state index in [1.54, 1.807) is 12.1 Å². The Morgan fingerprint density at radius 1 is 0.972 bits per heavy atom. The zero-order valence-corrected chi connectivity index (χ0v) is 21.4. The van der Waals surface area contributed by atoms with E-state index in [1.807, 2.05) is 67.8 Å². The van der Waals surface area contributed by atoms with Crippen molar-refractivity contribution in [3.63, 3.8) is 0 Å². The number of aromatic nitrogens is 2. The van der Waals surface area contributed by atoms with Gasteiger partial charge < -0.3 is 9.30 Å². The Hall–Kier alpha value is -3.65. The maximum absolute atomic E-state index is 13.1. The number of carbonyl (C=O) groups is 1. The van der Waals surface area contributed by atoms with Crippen LogP contribution in [0, 0.1) is 0 Å². The topological polar surface area (TPSA) is 90.3 Å². The molecule has 1 amide bonds. The van der Waals surface area contributed by atoms with Crippen molar-refractivity contribution >= 4 is 27.1 Å². The van der Waals surface area contributed by atoms with Gasteiger partial charge in [0.25, 0.3) is 10.0 Å². The van der Waals surface area contributed by atoms with E-state index >= 15 is 0 Å². The molecule has 0 saturated carbocycles. The molecule has 7 nitrogen and oxygen atoms in total. The normalized spacial score (nSPS) is 11.5. The van der Waals surface area contributed by atoms with Crippen molar-refractivity contribution in [1.29, 1.82) is 0 Å². The van der Waals surface area contributed by atoms with E-state index in [9.17, 15) is 13.2 Å². The molecule has 0 fully saturated rings. The predicted molar refractivity (Wildman–Crippen MR) is 141 cm³/mol. The molecule has 188 valence electrons. The summed E-state index contributed by atoms with van der Waals surface area (Å²) in [5.41, 5.74) is 5.40. The molecule has 0 saturated heterocycles. The lowest BCUT2D eigenvalue weighted by Gasteiger charge is -2.14. The SMILES string of the molecule is CCCCOC(=O)NS(=O)(=O)c1ccc(CCC)cc1-c1ccc(Cn2cnc3ccccc32)cc1. The van der Waals surface area contributed by atoms with Gasteiger partial charge in [-0.25, -0.2) is 22.9 Å². The van der Waals surface area contributed by atoms with Gasteiger partial charge in [-0.2, -0.15) is 0 Å². The molecule has 0 aliphatic carbocycles. The lowest BCUT2D eigenvalue weighted by molar-refractivity contribution is 0.151. The molecule has 0 radical (unpaired) electrons. The average molecular weight is 506 g/mol. The fraction of sp³-hybridized carbons (Fsp3) is 0.286. The minimum atomic E-state index is -4.12. The van der Waals surface area contributed by atoms with Crippen LogP contribution in [0.1, 0.15) is 44.2 Å². The van der Waals surface area contributed by atoms with Gasteiger partial charge in [0.1, 0.15) is 0 Å². The summed E-state index contributed by atoms with van der Waals surface area (Å²) in [6, 6.07) is 21.0. The Balaban J connectivity index is 1.62. The largest absolute Gasteiger partial charge is 0.449 e. The van der Waals surface area contributed by atoms with Crippen molar-refractivity contribution in [3.05, 3.63) is 84.2 Å². The summed E-state index contributed by atoms with van der Waals surface area (Å²) in [6.45, 7) is 4.86. The summed E-state index contributed by atoms with van der Waals surface area (Å²) in [7, 11) is -4.12. The number of aryl methyl sites for hydroxylation is 1. The van der Waals surface area contributed by atoms with Gasteiger partial charge in [-0.05, 0) is 53.8 Å². The van der Waals surface area contributed by atoms with E-state index in [2.05, 4.69) is 21.2 Å². The molecule has 0 atom stereocenters. The van der Waals surface area contributed by atoms with Gasteiger partial charge in [0, 0.05) is 12.1 Å². The summed E-state index contributed by atoms with van der Waals surface area (Å²) in [5, 5.41) is 0. The summed E-state index contributed by atoms with van der Waals surface area (Å²) in [4.78, 5) is 16.6. The molecule has 1 N–H and O–H groups in total. The number of hydrogen-bond donors (Lipinski definition) is 1. The van der Waals surface area contributed by atoms with Crippen LogP contribution in [0.2, 0.25) is 0 Å². The minimum absolute atomic E-state index is 0.0446. The van der Waals surface area contributed by atoms with E-state index in [-0.39, 0.29) is 11.5 Å². The third kappa shape index (κ3) is 5.94. The van der Waals surface area contributed by atoms with Gasteiger partial charge in [0.05, 0.1) is 28.9 Å². The van der Waals surface area contributed by atoms with Crippen LogP contribution in [0.25, 0.3) is 22.2 Å². The quantitative estimate of drug-likeness (QED) is 0.270. The second kappa shape index (κ2) is 11.4. The zero-order valence-electron chi connectivity index (χ0n) is 20.6. The Morgan fingerprint density at radius 3 is 2.47 bits per heavy atom. The molecule has 8 heteroatoms. The van der Waals surface area contributed by atoms with Gasteiger partial charge >= 0.3 is 6.09 Å². The van der Waals surface area contributed by atoms with E-state index in [0.29, 0.717) is 18.5 Å². The molecular formula is C28H31N3O4S. The van der Waals surface area contributed by atoms with Gasteiger partial charge in [0.15, 0.2) is 0 Å². The molecule has 36 heavy (non-hydrogen) atoms. The van der Waals surface area contributed by atoms with Crippen LogP contribution in [-0.4, -0.2) is 30.7 Å². The molecule has 1 aromatic heterocycles. The number of carbonyl (C=O) groups excluding carboxylic acids is 1. The van der Waals surface area contributed by atoms with Crippen LogP contribution in [-0.2, 0) is 27.7 Å². The minimum Gasteiger partial charge on any atom is -0.449 e. The first-order chi connectivity index (χ1) is 17.4. The highest BCUT2D eigenvalue weighted by molar-refractivity contribution is 7.90. The van der Waals surface area contributed by atoms with E-state index < -0.39 is 16.1 Å². The third-order valence-electron chi connectivity index (χ3n) is 5.97. The fourth-order valence-electron chi connectivity index (χ4n) is 4.11. The zero-order chi connectivity index (χ0) is 25.5. The molecule has 1 heterocycles. The first-order valence-corrected chi connectivity index (χ1v) is 13.7. The van der Waals surface area contributed by atoms with Crippen LogP contribution in [0.3, 0.4) is 0 Å². The number of unbranched alkanes of at least 4 members (excludes halogenated alkanes) is 1. The number of nitrogens with one attached hydrogen (secondary N) is 1. The average Bonchev–Trinajstić information content (AvgIpc) is 3.27. The van der Waals surface area contributed by atoms with Crippen LogP contribution in [0.5, 0.6) is 0 Å². The number of benzene rings is 3. The van der Waals surface area contributed by atoms with Crippen molar-refractivity contribution in [2.75, 3.05) is 6.61 Å². The number of sulfonamides is 1. The van der Waals surface area contributed by atoms with Crippen LogP contribution >= 0.6 is 0 Å². The molecular weight excluding hydrogens is 474 g/mol. The Kier molecular flexibility index (Phi) is 8.05. The summed E-state index contributed by atoms with van der Waals surface area (Å²) >= 11 is 0. The first-order valence-electron chi connectivity index (χ1n) is 12.2. The standard InChI is InChI=1S/C28H31N3O4S/c1-3-5-17-35-28(32)30-36(33,34)27-16-13-21(8-4-2)18-24(27)23-14-11-22(12-15-23)19-31-20-29-25-9-6-7-10-26(25)31/h6-7,9-16,18,20H,3-5,8,17,19H2,1-2H3,(H,30,32). The van der Waals surface area contributed by atoms with E-state index in [1.165, 1.54) is 0 Å². The molecule has 4 rings (SSSR count). The van der Waals surface area contributed by atoms with Crippen molar-refractivity contribution in [3.8, 4) is 11.1 Å². The predicted octanol–water partition coefficient (Wildman–Crippen LogP) is 5.92. The summed E-state index contributed by atoms with van der Waals surface area (Å²) in [6.07, 6.45) is 4.14. The Labute approximate surface area is 212 Å². The lowest BCUT2D eigenvalue weighted by atomic mass is 10.00. The number of fused-ring (bicyclic) bond motifs is 1. The number of hydrogen-bond acceptors (Lipinski definition) is 5. The molecule has 0 aliphatic rings. The summed E-state index contributed by atoms with van der Waals surface area (Å²) in [5.74, 6) is 0. The van der Waals surface area contributed by atoms with E-state index in [4.69, 9.17) is 4.74 Å². The van der Waals surface area contributed by atoms with Crippen molar-refractivity contribution in [1.82, 2.24) is 14.3 Å². The second-order valence-corrected chi connectivity index (χ2v) is 10.4. The molecule has 4 aromatic rings. The van der Waals surface area contributed by atoms with Crippen LogP contribution in [0.4, 0.5) is 4.79 Å². The maximum atomic E-state index is 13.1. The lowest BCUT2D eigenvalue weighted by Crippen LogP contribution is -2.31. The smallest absolute Gasteiger partial charge is 0.421 e. The Morgan fingerprint density at radius 2 is 1.72 bits per heavy atom. The van der Waals surface area contributed by atoms with Crippen LogP contribution < -0.4 is 4.72 Å². The number of para-hydroxylation sites is 2.